The molecule has 4 amide bonds. The maximum atomic E-state index is 15.0. The Kier molecular flexibility index (Phi) is 7.56. The van der Waals surface area contributed by atoms with Crippen molar-refractivity contribution in [3.05, 3.63) is 48.2 Å². The van der Waals surface area contributed by atoms with E-state index in [9.17, 15) is 23.6 Å². The smallest absolute Gasteiger partial charge is 0.414 e. The molecular formula is C23H26FN5O7. The first kappa shape index (κ1) is 24.8. The van der Waals surface area contributed by atoms with Crippen LogP contribution in [0.25, 0.3) is 0 Å². The number of cyclic esters (lactones) is 1. The van der Waals surface area contributed by atoms with E-state index >= 15 is 0 Å². The van der Waals surface area contributed by atoms with Crippen molar-refractivity contribution in [2.45, 2.75) is 6.10 Å². The number of amides is 4. The van der Waals surface area contributed by atoms with E-state index in [1.54, 1.807) is 23.1 Å². The third-order valence-corrected chi connectivity index (χ3v) is 5.89. The first-order chi connectivity index (χ1) is 17.4. The van der Waals surface area contributed by atoms with Crippen molar-refractivity contribution in [1.29, 1.82) is 0 Å². The van der Waals surface area contributed by atoms with Crippen molar-refractivity contribution >= 4 is 35.4 Å². The van der Waals surface area contributed by atoms with Crippen LogP contribution >= 0.6 is 0 Å². The number of carbonyl (C=O) groups is 4. The first-order valence-electron chi connectivity index (χ1n) is 11.3. The molecule has 2 aliphatic heterocycles. The third-order valence-electron chi connectivity index (χ3n) is 5.89. The molecule has 1 atom stereocenters. The number of halogens is 1. The van der Waals surface area contributed by atoms with Gasteiger partial charge in [-0.25, -0.2) is 14.0 Å². The zero-order valence-electron chi connectivity index (χ0n) is 19.6. The maximum Gasteiger partial charge on any atom is 0.414 e. The van der Waals surface area contributed by atoms with Gasteiger partial charge in [0.2, 0.25) is 5.91 Å². The lowest BCUT2D eigenvalue weighted by Crippen LogP contribution is -2.51. The fraction of sp³-hybridized carbons (Fsp3) is 0.391. The number of methoxy groups -OCH3 is 1. The van der Waals surface area contributed by atoms with E-state index in [4.69, 9.17) is 9.15 Å². The SMILES string of the molecule is COC(=O)NC[C@H]1CN(c2ccc(N3CCN(C(=O)CNC(=O)c4ccco4)CC3)c(F)c2)C(=O)O1. The van der Waals surface area contributed by atoms with Gasteiger partial charge in [-0.05, 0) is 30.3 Å². The highest BCUT2D eigenvalue weighted by Gasteiger charge is 2.33. The summed E-state index contributed by atoms with van der Waals surface area (Å²) in [5, 5.41) is 4.99. The van der Waals surface area contributed by atoms with Crippen LogP contribution in [0.4, 0.5) is 25.4 Å². The molecule has 12 nitrogen and oxygen atoms in total. The highest BCUT2D eigenvalue weighted by Crippen LogP contribution is 2.28. The van der Waals surface area contributed by atoms with Gasteiger partial charge in [0, 0.05) is 26.2 Å². The van der Waals surface area contributed by atoms with E-state index in [1.165, 1.54) is 30.4 Å². The minimum absolute atomic E-state index is 0.0744. The molecule has 36 heavy (non-hydrogen) atoms. The number of furan rings is 1. The zero-order chi connectivity index (χ0) is 25.7. The lowest BCUT2D eigenvalue weighted by molar-refractivity contribution is -0.130. The molecule has 1 aromatic carbocycles. The highest BCUT2D eigenvalue weighted by molar-refractivity contribution is 5.94. The summed E-state index contributed by atoms with van der Waals surface area (Å²) in [5.74, 6) is -1.10. The molecule has 2 aromatic rings. The Morgan fingerprint density at radius 2 is 1.92 bits per heavy atom. The average Bonchev–Trinajstić information content (AvgIpc) is 3.56. The zero-order valence-corrected chi connectivity index (χ0v) is 19.6. The van der Waals surface area contributed by atoms with Crippen molar-refractivity contribution in [1.82, 2.24) is 15.5 Å². The molecule has 2 aliphatic rings. The Morgan fingerprint density at radius 1 is 1.14 bits per heavy atom. The van der Waals surface area contributed by atoms with Gasteiger partial charge in [0.25, 0.3) is 5.91 Å². The van der Waals surface area contributed by atoms with Crippen LogP contribution in [-0.4, -0.2) is 87.9 Å². The Hall–Kier alpha value is -4.29. The quantitative estimate of drug-likeness (QED) is 0.576. The number of piperazine rings is 1. The van der Waals surface area contributed by atoms with Gasteiger partial charge in [-0.2, -0.15) is 0 Å². The van der Waals surface area contributed by atoms with Gasteiger partial charge < -0.3 is 34.3 Å². The van der Waals surface area contributed by atoms with E-state index in [2.05, 4.69) is 15.4 Å². The second-order valence-electron chi connectivity index (χ2n) is 8.15. The summed E-state index contributed by atoms with van der Waals surface area (Å²) >= 11 is 0. The molecule has 1 aromatic heterocycles. The van der Waals surface area contributed by atoms with Gasteiger partial charge in [0.15, 0.2) is 5.76 Å². The Labute approximate surface area is 205 Å². The monoisotopic (exact) mass is 503 g/mol. The number of hydrogen-bond acceptors (Lipinski definition) is 8. The van der Waals surface area contributed by atoms with Crippen LogP contribution in [0, 0.1) is 5.82 Å². The van der Waals surface area contributed by atoms with Crippen LogP contribution < -0.4 is 20.4 Å². The first-order valence-corrected chi connectivity index (χ1v) is 11.3. The molecule has 3 heterocycles. The highest BCUT2D eigenvalue weighted by atomic mass is 19.1. The number of rotatable bonds is 7. The topological polar surface area (TPSA) is 134 Å². The van der Waals surface area contributed by atoms with E-state index < -0.39 is 30.0 Å². The second kappa shape index (κ2) is 11.0. The fourth-order valence-electron chi connectivity index (χ4n) is 3.99. The van der Waals surface area contributed by atoms with Crippen LogP contribution in [0.5, 0.6) is 0 Å². The molecule has 2 fully saturated rings. The van der Waals surface area contributed by atoms with E-state index in [0.29, 0.717) is 37.6 Å². The van der Waals surface area contributed by atoms with Crippen LogP contribution in [0.2, 0.25) is 0 Å². The molecule has 0 aliphatic carbocycles. The summed E-state index contributed by atoms with van der Waals surface area (Å²) in [7, 11) is 1.23. The van der Waals surface area contributed by atoms with Crippen molar-refractivity contribution in [2.75, 3.05) is 62.7 Å². The molecule has 192 valence electrons. The summed E-state index contributed by atoms with van der Waals surface area (Å²) in [5.41, 5.74) is 0.691. The molecule has 4 rings (SSSR count). The van der Waals surface area contributed by atoms with Gasteiger partial charge in [-0.3, -0.25) is 14.5 Å². The predicted molar refractivity (Wildman–Crippen MR) is 124 cm³/mol. The third kappa shape index (κ3) is 5.67. The fourth-order valence-corrected chi connectivity index (χ4v) is 3.99. The van der Waals surface area contributed by atoms with Crippen LogP contribution in [0.15, 0.2) is 41.0 Å². The van der Waals surface area contributed by atoms with Gasteiger partial charge in [-0.15, -0.1) is 0 Å². The molecule has 13 heteroatoms. The molecule has 0 saturated carbocycles. The minimum Gasteiger partial charge on any atom is -0.459 e. The number of anilines is 2. The number of ether oxygens (including phenoxy) is 2. The number of hydrogen-bond donors (Lipinski definition) is 2. The standard InChI is InChI=1S/C23H26FN5O7/c1-34-22(32)26-12-16-14-29(23(33)36-16)15-4-5-18(17(24)11-15)27-6-8-28(9-7-27)20(30)13-25-21(31)19-3-2-10-35-19/h2-5,10-11,16H,6-9,12-14H2,1H3,(H,25,31)(H,26,32)/t16-/m0/s1. The Bertz CT molecular complexity index is 1120. The molecule has 0 unspecified atom stereocenters. The normalized spacial score (nSPS) is 17.6. The van der Waals surface area contributed by atoms with E-state index in [-0.39, 0.29) is 31.3 Å². The number of alkyl carbamates (subject to hydrolysis) is 1. The number of nitrogens with one attached hydrogen (secondary N) is 2. The van der Waals surface area contributed by atoms with E-state index in [1.807, 2.05) is 4.90 Å². The van der Waals surface area contributed by atoms with Crippen LogP contribution in [0.3, 0.4) is 0 Å². The second-order valence-corrected chi connectivity index (χ2v) is 8.15. The maximum absolute atomic E-state index is 15.0. The molecule has 2 N–H and O–H groups in total. The van der Waals surface area contributed by atoms with E-state index in [0.717, 1.165) is 0 Å². The lowest BCUT2D eigenvalue weighted by atomic mass is 10.2. The molecular weight excluding hydrogens is 477 g/mol. The van der Waals surface area contributed by atoms with Gasteiger partial charge in [0.1, 0.15) is 11.9 Å². The number of benzene rings is 1. The van der Waals surface area contributed by atoms with Crippen molar-refractivity contribution in [3.8, 4) is 0 Å². The molecule has 2 saturated heterocycles. The number of nitrogens with zero attached hydrogens (tertiary/aromatic N) is 3. The van der Waals surface area contributed by atoms with Crippen molar-refractivity contribution in [3.63, 3.8) is 0 Å². The van der Waals surface area contributed by atoms with Crippen LogP contribution in [0.1, 0.15) is 10.6 Å². The van der Waals surface area contributed by atoms with Crippen molar-refractivity contribution in [2.24, 2.45) is 0 Å². The summed E-state index contributed by atoms with van der Waals surface area (Å²) in [6.45, 7) is 1.60. The molecule has 0 radical (unpaired) electrons. The molecule has 0 bridgehead atoms. The lowest BCUT2D eigenvalue weighted by Gasteiger charge is -2.36. The predicted octanol–water partition coefficient (Wildman–Crippen LogP) is 1.18. The van der Waals surface area contributed by atoms with Crippen LogP contribution in [-0.2, 0) is 14.3 Å². The van der Waals surface area contributed by atoms with Crippen molar-refractivity contribution < 1.29 is 37.5 Å². The summed E-state index contributed by atoms with van der Waals surface area (Å²) in [6, 6.07) is 7.55. The van der Waals surface area contributed by atoms with Gasteiger partial charge in [-0.1, -0.05) is 0 Å². The Balaban J connectivity index is 1.28. The molecule has 0 spiro atoms. The summed E-state index contributed by atoms with van der Waals surface area (Å²) < 4.78 is 29.7. The Morgan fingerprint density at radius 3 is 2.58 bits per heavy atom. The van der Waals surface area contributed by atoms with Gasteiger partial charge >= 0.3 is 12.2 Å². The average molecular weight is 503 g/mol. The number of carbonyl (C=O) groups excluding carboxylic acids is 4. The minimum atomic E-state index is -0.639. The summed E-state index contributed by atoms with van der Waals surface area (Å²) in [6.07, 6.45) is -0.487. The van der Waals surface area contributed by atoms with Gasteiger partial charge in [0.05, 0.1) is 44.4 Å². The largest absolute Gasteiger partial charge is 0.459 e. The summed E-state index contributed by atoms with van der Waals surface area (Å²) in [4.78, 5) is 52.5.